The van der Waals surface area contributed by atoms with E-state index in [2.05, 4.69) is 25.7 Å². The van der Waals surface area contributed by atoms with Gasteiger partial charge in [0.05, 0.1) is 27.5 Å². The lowest BCUT2D eigenvalue weighted by molar-refractivity contribution is 0.0945. The van der Waals surface area contributed by atoms with Crippen molar-refractivity contribution in [3.05, 3.63) is 29.8 Å². The quantitative estimate of drug-likeness (QED) is 0.597. The molecule has 0 bridgehead atoms. The molecule has 0 aliphatic heterocycles. The number of hydrogen-bond acceptors (Lipinski definition) is 7. The maximum absolute atomic E-state index is 11.6. The number of aromatic amines is 1. The standard InChI is InChI=1S/C13H15N5O4/c1-20-9-4-8(5-10(21-2)11(9)22-3)6-15-18-13(19)12-14-7-16-17-12/h4-7H,1-3H3,(H,18,19)(H,14,16,17). The highest BCUT2D eigenvalue weighted by Gasteiger charge is 2.12. The smallest absolute Gasteiger partial charge is 0.308 e. The lowest BCUT2D eigenvalue weighted by Crippen LogP contribution is -2.19. The lowest BCUT2D eigenvalue weighted by atomic mass is 10.2. The van der Waals surface area contributed by atoms with Gasteiger partial charge >= 0.3 is 5.91 Å². The van der Waals surface area contributed by atoms with Gasteiger partial charge in [-0.2, -0.15) is 10.2 Å². The third kappa shape index (κ3) is 3.32. The molecule has 1 aromatic heterocycles. The van der Waals surface area contributed by atoms with Crippen LogP contribution < -0.4 is 19.6 Å². The van der Waals surface area contributed by atoms with Crippen LogP contribution in [0.15, 0.2) is 23.6 Å². The van der Waals surface area contributed by atoms with E-state index in [1.165, 1.54) is 33.9 Å². The summed E-state index contributed by atoms with van der Waals surface area (Å²) in [6.07, 6.45) is 2.68. The number of nitrogens with zero attached hydrogens (tertiary/aromatic N) is 3. The Balaban J connectivity index is 2.15. The summed E-state index contributed by atoms with van der Waals surface area (Å²) in [4.78, 5) is 15.3. The summed E-state index contributed by atoms with van der Waals surface area (Å²) in [7, 11) is 4.56. The number of carbonyl (C=O) groups is 1. The molecule has 0 saturated carbocycles. The zero-order valence-corrected chi connectivity index (χ0v) is 12.3. The number of hydrogen-bond donors (Lipinski definition) is 2. The van der Waals surface area contributed by atoms with E-state index in [0.717, 1.165) is 0 Å². The van der Waals surface area contributed by atoms with Gasteiger partial charge < -0.3 is 14.2 Å². The van der Waals surface area contributed by atoms with Crippen LogP contribution in [0.1, 0.15) is 16.2 Å². The molecule has 2 aromatic rings. The minimum absolute atomic E-state index is 0.0713. The average Bonchev–Trinajstić information content (AvgIpc) is 3.08. The first-order valence-electron chi connectivity index (χ1n) is 6.18. The lowest BCUT2D eigenvalue weighted by Gasteiger charge is -2.12. The van der Waals surface area contributed by atoms with E-state index < -0.39 is 5.91 Å². The Morgan fingerprint density at radius 2 is 1.91 bits per heavy atom. The van der Waals surface area contributed by atoms with Crippen LogP contribution in [0.5, 0.6) is 17.2 Å². The first-order chi connectivity index (χ1) is 10.7. The Morgan fingerprint density at radius 1 is 1.23 bits per heavy atom. The topological polar surface area (TPSA) is 111 Å². The fourth-order valence-corrected chi connectivity index (χ4v) is 1.71. The number of benzene rings is 1. The Labute approximate surface area is 126 Å². The predicted molar refractivity (Wildman–Crippen MR) is 77.5 cm³/mol. The van der Waals surface area contributed by atoms with Gasteiger partial charge in [0.2, 0.25) is 11.6 Å². The summed E-state index contributed by atoms with van der Waals surface area (Å²) >= 11 is 0. The molecule has 0 fully saturated rings. The van der Waals surface area contributed by atoms with E-state index in [0.29, 0.717) is 22.8 Å². The predicted octanol–water partition coefficient (Wildman–Crippen LogP) is 0.594. The van der Waals surface area contributed by atoms with Crippen LogP contribution >= 0.6 is 0 Å². The molecule has 0 unspecified atom stereocenters. The van der Waals surface area contributed by atoms with Crippen LogP contribution in [-0.4, -0.2) is 48.6 Å². The molecule has 1 heterocycles. The van der Waals surface area contributed by atoms with E-state index in [4.69, 9.17) is 14.2 Å². The van der Waals surface area contributed by atoms with Crippen molar-refractivity contribution in [3.63, 3.8) is 0 Å². The number of methoxy groups -OCH3 is 3. The van der Waals surface area contributed by atoms with Crippen LogP contribution in [0.3, 0.4) is 0 Å². The fourth-order valence-electron chi connectivity index (χ4n) is 1.71. The normalized spacial score (nSPS) is 10.5. The summed E-state index contributed by atoms with van der Waals surface area (Å²) in [6.45, 7) is 0. The third-order valence-corrected chi connectivity index (χ3v) is 2.70. The molecule has 0 aliphatic carbocycles. The van der Waals surface area contributed by atoms with Gasteiger partial charge in [0, 0.05) is 5.56 Å². The summed E-state index contributed by atoms with van der Waals surface area (Å²) in [6, 6.07) is 3.40. The Hall–Kier alpha value is -3.10. The van der Waals surface area contributed by atoms with Crippen molar-refractivity contribution >= 4 is 12.1 Å². The monoisotopic (exact) mass is 305 g/mol. The number of ether oxygens (including phenoxy) is 3. The molecule has 0 aliphatic rings. The first-order valence-corrected chi connectivity index (χ1v) is 6.18. The van der Waals surface area contributed by atoms with Crippen molar-refractivity contribution in [1.82, 2.24) is 20.6 Å². The Bertz CT molecular complexity index is 644. The number of H-pyrrole nitrogens is 1. The van der Waals surface area contributed by atoms with Crippen molar-refractivity contribution in [2.75, 3.05) is 21.3 Å². The van der Waals surface area contributed by atoms with Crippen LogP contribution in [0.25, 0.3) is 0 Å². The maximum atomic E-state index is 11.6. The number of nitrogens with one attached hydrogen (secondary N) is 2. The highest BCUT2D eigenvalue weighted by Crippen LogP contribution is 2.37. The zero-order chi connectivity index (χ0) is 15.9. The van der Waals surface area contributed by atoms with E-state index in [1.54, 1.807) is 12.1 Å². The second-order valence-electron chi connectivity index (χ2n) is 3.99. The molecule has 0 saturated heterocycles. The minimum Gasteiger partial charge on any atom is -0.493 e. The largest absolute Gasteiger partial charge is 0.493 e. The van der Waals surface area contributed by atoms with Gasteiger partial charge in [-0.05, 0) is 12.1 Å². The molecule has 22 heavy (non-hydrogen) atoms. The van der Waals surface area contributed by atoms with Crippen LogP contribution in [-0.2, 0) is 0 Å². The van der Waals surface area contributed by atoms with Crippen molar-refractivity contribution in [2.24, 2.45) is 5.10 Å². The molecular weight excluding hydrogens is 290 g/mol. The summed E-state index contributed by atoms with van der Waals surface area (Å²) < 4.78 is 15.7. The zero-order valence-electron chi connectivity index (χ0n) is 12.3. The molecule has 1 aromatic carbocycles. The van der Waals surface area contributed by atoms with Gasteiger partial charge in [-0.25, -0.2) is 10.4 Å². The number of hydrazone groups is 1. The molecule has 0 spiro atoms. The van der Waals surface area contributed by atoms with Crippen molar-refractivity contribution < 1.29 is 19.0 Å². The number of aromatic nitrogens is 3. The van der Waals surface area contributed by atoms with Crippen molar-refractivity contribution in [2.45, 2.75) is 0 Å². The van der Waals surface area contributed by atoms with Gasteiger partial charge in [-0.1, -0.05) is 0 Å². The second kappa shape index (κ2) is 7.07. The maximum Gasteiger partial charge on any atom is 0.308 e. The third-order valence-electron chi connectivity index (χ3n) is 2.70. The van der Waals surface area contributed by atoms with Gasteiger partial charge in [-0.3, -0.25) is 9.89 Å². The number of amides is 1. The fraction of sp³-hybridized carbons (Fsp3) is 0.231. The van der Waals surface area contributed by atoms with E-state index in [-0.39, 0.29) is 5.82 Å². The number of rotatable bonds is 6. The van der Waals surface area contributed by atoms with E-state index >= 15 is 0 Å². The highest BCUT2D eigenvalue weighted by molar-refractivity contribution is 5.91. The average molecular weight is 305 g/mol. The molecule has 2 N–H and O–H groups in total. The van der Waals surface area contributed by atoms with Gasteiger partial charge in [-0.15, -0.1) is 0 Å². The molecule has 2 rings (SSSR count). The van der Waals surface area contributed by atoms with Crippen LogP contribution in [0.4, 0.5) is 0 Å². The molecular formula is C13H15N5O4. The van der Waals surface area contributed by atoms with Gasteiger partial charge in [0.1, 0.15) is 6.33 Å². The van der Waals surface area contributed by atoms with E-state index in [1.807, 2.05) is 0 Å². The molecule has 9 heteroatoms. The molecule has 116 valence electrons. The van der Waals surface area contributed by atoms with Crippen molar-refractivity contribution in [1.29, 1.82) is 0 Å². The Kier molecular flexibility index (Phi) is 4.91. The summed E-state index contributed by atoms with van der Waals surface area (Å²) in [5.41, 5.74) is 2.98. The van der Waals surface area contributed by atoms with Gasteiger partial charge in [0.25, 0.3) is 0 Å². The second-order valence-corrected chi connectivity index (χ2v) is 3.99. The van der Waals surface area contributed by atoms with Crippen LogP contribution in [0, 0.1) is 0 Å². The first kappa shape index (κ1) is 15.3. The van der Waals surface area contributed by atoms with Crippen molar-refractivity contribution in [3.8, 4) is 17.2 Å². The molecule has 0 radical (unpaired) electrons. The van der Waals surface area contributed by atoms with Gasteiger partial charge in [0.15, 0.2) is 11.5 Å². The minimum atomic E-state index is -0.499. The van der Waals surface area contributed by atoms with Crippen LogP contribution in [0.2, 0.25) is 0 Å². The highest BCUT2D eigenvalue weighted by atomic mass is 16.5. The Morgan fingerprint density at radius 3 is 2.41 bits per heavy atom. The summed E-state index contributed by atoms with van der Waals surface area (Å²) in [5.74, 6) is 1.03. The molecule has 0 atom stereocenters. The molecule has 9 nitrogen and oxygen atoms in total. The SMILES string of the molecule is COc1cc(C=NNC(=O)c2ncn[nH]2)cc(OC)c1OC. The summed E-state index contributed by atoms with van der Waals surface area (Å²) in [5, 5.41) is 9.85. The van der Waals surface area contributed by atoms with E-state index in [9.17, 15) is 4.79 Å². The number of carbonyl (C=O) groups excluding carboxylic acids is 1. The molecule has 1 amide bonds.